The van der Waals surface area contributed by atoms with Gasteiger partial charge in [-0.2, -0.15) is 0 Å². The van der Waals surface area contributed by atoms with Crippen molar-refractivity contribution in [3.05, 3.63) is 64.4 Å². The first-order valence-corrected chi connectivity index (χ1v) is 10.8. The molecule has 2 aromatic carbocycles. The number of nitrogens with zero attached hydrogens (tertiary/aromatic N) is 3. The topological polar surface area (TPSA) is 81.1 Å². The van der Waals surface area contributed by atoms with E-state index in [9.17, 15) is 4.79 Å². The van der Waals surface area contributed by atoms with E-state index in [1.807, 2.05) is 61.0 Å². The van der Waals surface area contributed by atoms with E-state index in [4.69, 9.17) is 16.3 Å². The number of rotatable bonds is 5. The lowest BCUT2D eigenvalue weighted by Crippen LogP contribution is -2.41. The number of methoxy groups -OCH3 is 1. The first kappa shape index (κ1) is 20.6. The van der Waals surface area contributed by atoms with Gasteiger partial charge in [-0.05, 0) is 36.2 Å². The van der Waals surface area contributed by atoms with Crippen molar-refractivity contribution < 1.29 is 9.53 Å². The quantitative estimate of drug-likeness (QED) is 0.614. The zero-order chi connectivity index (χ0) is 21.3. The summed E-state index contributed by atoms with van der Waals surface area (Å²) in [5.41, 5.74) is 6.08. The van der Waals surface area contributed by atoms with Gasteiger partial charge in [0.2, 0.25) is 11.1 Å². The van der Waals surface area contributed by atoms with Crippen LogP contribution in [0.1, 0.15) is 29.9 Å². The Morgan fingerprint density at radius 1 is 1.30 bits per heavy atom. The molecule has 7 nitrogen and oxygen atoms in total. The monoisotopic (exact) mass is 443 g/mol. The fourth-order valence-corrected chi connectivity index (χ4v) is 4.74. The molecule has 9 heteroatoms. The Bertz CT molecular complexity index is 1090. The molecule has 0 radical (unpaired) electrons. The molecule has 0 saturated heterocycles. The summed E-state index contributed by atoms with van der Waals surface area (Å²) in [5.74, 6) is 1.27. The summed E-state index contributed by atoms with van der Waals surface area (Å²) in [5, 5.41) is 12.2. The Morgan fingerprint density at radius 3 is 2.80 bits per heavy atom. The third-order valence-corrected chi connectivity index (χ3v) is 6.53. The second-order valence-corrected chi connectivity index (χ2v) is 8.45. The van der Waals surface area contributed by atoms with Crippen molar-refractivity contribution in [1.29, 1.82) is 0 Å². The smallest absolute Gasteiger partial charge is 0.240 e. The zero-order valence-corrected chi connectivity index (χ0v) is 18.4. The van der Waals surface area contributed by atoms with Crippen molar-refractivity contribution in [2.75, 3.05) is 17.9 Å². The second-order valence-electron chi connectivity index (χ2n) is 6.93. The third kappa shape index (κ3) is 3.85. The molecule has 1 aliphatic rings. The SMILES string of the molecule is CCc1nnc2n1NC(c1ccc(OC)c(Cl)c1)C(C(=O)Nc1ccccc1C)S2. The van der Waals surface area contributed by atoms with Gasteiger partial charge in [-0.1, -0.05) is 54.6 Å². The van der Waals surface area contributed by atoms with Crippen LogP contribution in [0.3, 0.4) is 0 Å². The number of fused-ring (bicyclic) bond motifs is 1. The van der Waals surface area contributed by atoms with Crippen LogP contribution in [-0.2, 0) is 11.2 Å². The molecule has 2 unspecified atom stereocenters. The number of nitrogens with one attached hydrogen (secondary N) is 2. The van der Waals surface area contributed by atoms with Gasteiger partial charge in [0.25, 0.3) is 0 Å². The van der Waals surface area contributed by atoms with Gasteiger partial charge >= 0.3 is 0 Å². The van der Waals surface area contributed by atoms with Crippen LogP contribution in [0, 0.1) is 6.92 Å². The molecular weight excluding hydrogens is 422 g/mol. The lowest BCUT2D eigenvalue weighted by atomic mass is 10.0. The van der Waals surface area contributed by atoms with E-state index < -0.39 is 5.25 Å². The Hall–Kier alpha value is -2.71. The van der Waals surface area contributed by atoms with Crippen LogP contribution in [-0.4, -0.2) is 33.1 Å². The average molecular weight is 444 g/mol. The van der Waals surface area contributed by atoms with Crippen molar-refractivity contribution >= 4 is 35.0 Å². The minimum Gasteiger partial charge on any atom is -0.495 e. The van der Waals surface area contributed by atoms with Gasteiger partial charge in [0.15, 0.2) is 5.82 Å². The first-order valence-electron chi connectivity index (χ1n) is 9.59. The zero-order valence-electron chi connectivity index (χ0n) is 16.8. The maximum atomic E-state index is 13.3. The van der Waals surface area contributed by atoms with Crippen LogP contribution >= 0.6 is 23.4 Å². The van der Waals surface area contributed by atoms with Gasteiger partial charge in [0.1, 0.15) is 11.0 Å². The highest BCUT2D eigenvalue weighted by molar-refractivity contribution is 8.00. The number of carbonyl (C=O) groups is 1. The summed E-state index contributed by atoms with van der Waals surface area (Å²) >= 11 is 7.76. The molecule has 0 saturated carbocycles. The average Bonchev–Trinajstić information content (AvgIpc) is 3.16. The molecule has 2 atom stereocenters. The number of amides is 1. The second kappa shape index (κ2) is 8.57. The number of carbonyl (C=O) groups excluding carboxylic acids is 1. The highest BCUT2D eigenvalue weighted by Gasteiger charge is 2.38. The number of hydrogen-bond acceptors (Lipinski definition) is 6. The summed E-state index contributed by atoms with van der Waals surface area (Å²) in [6.07, 6.45) is 0.719. The fourth-order valence-electron chi connectivity index (χ4n) is 3.37. The van der Waals surface area contributed by atoms with E-state index in [2.05, 4.69) is 20.9 Å². The Balaban J connectivity index is 1.70. The molecule has 156 valence electrons. The van der Waals surface area contributed by atoms with Crippen molar-refractivity contribution in [2.45, 2.75) is 36.7 Å². The molecular formula is C21H22ClN5O2S. The van der Waals surface area contributed by atoms with E-state index in [-0.39, 0.29) is 11.9 Å². The van der Waals surface area contributed by atoms with E-state index in [0.29, 0.717) is 15.9 Å². The van der Waals surface area contributed by atoms with Gasteiger partial charge in [0.05, 0.1) is 18.2 Å². The standard InChI is InChI=1S/C21H22ClN5O2S/c1-4-17-24-25-21-27(17)26-18(13-9-10-16(29-3)14(22)11-13)19(30-21)20(28)23-15-8-6-5-7-12(15)2/h5-11,18-19,26H,4H2,1-3H3,(H,23,28). The van der Waals surface area contributed by atoms with Crippen molar-refractivity contribution in [3.8, 4) is 5.75 Å². The molecule has 0 bridgehead atoms. The molecule has 0 spiro atoms. The predicted octanol–water partition coefficient (Wildman–Crippen LogP) is 4.21. The summed E-state index contributed by atoms with van der Waals surface area (Å²) in [7, 11) is 1.57. The Labute approximate surface area is 184 Å². The minimum atomic E-state index is -0.476. The number of benzene rings is 2. The van der Waals surface area contributed by atoms with Crippen LogP contribution < -0.4 is 15.5 Å². The summed E-state index contributed by atoms with van der Waals surface area (Å²) in [4.78, 5) is 13.3. The molecule has 0 aliphatic carbocycles. The molecule has 2 N–H and O–H groups in total. The van der Waals surface area contributed by atoms with E-state index in [0.717, 1.165) is 29.1 Å². The van der Waals surface area contributed by atoms with Crippen LogP contribution in [0.4, 0.5) is 5.69 Å². The minimum absolute atomic E-state index is 0.119. The van der Waals surface area contributed by atoms with Gasteiger partial charge in [-0.3, -0.25) is 4.79 Å². The highest BCUT2D eigenvalue weighted by Crippen LogP contribution is 2.39. The van der Waals surface area contributed by atoms with Crippen LogP contribution in [0.2, 0.25) is 5.02 Å². The number of thioether (sulfide) groups is 1. The lowest BCUT2D eigenvalue weighted by molar-refractivity contribution is -0.116. The normalized spacial score (nSPS) is 17.7. The van der Waals surface area contributed by atoms with Crippen molar-refractivity contribution in [3.63, 3.8) is 0 Å². The van der Waals surface area contributed by atoms with Gasteiger partial charge in [-0.15, -0.1) is 10.2 Å². The maximum absolute atomic E-state index is 13.3. The van der Waals surface area contributed by atoms with Crippen molar-refractivity contribution in [2.24, 2.45) is 0 Å². The lowest BCUT2D eigenvalue weighted by Gasteiger charge is -2.33. The summed E-state index contributed by atoms with van der Waals surface area (Å²) in [6.45, 7) is 3.98. The molecule has 4 rings (SSSR count). The van der Waals surface area contributed by atoms with Crippen LogP contribution in [0.5, 0.6) is 5.75 Å². The number of ether oxygens (including phenoxy) is 1. The van der Waals surface area contributed by atoms with E-state index >= 15 is 0 Å². The number of halogens is 1. The van der Waals surface area contributed by atoms with Gasteiger partial charge < -0.3 is 15.5 Å². The highest BCUT2D eigenvalue weighted by atomic mass is 35.5. The van der Waals surface area contributed by atoms with Crippen molar-refractivity contribution in [1.82, 2.24) is 14.9 Å². The van der Waals surface area contributed by atoms with E-state index in [1.54, 1.807) is 7.11 Å². The Morgan fingerprint density at radius 2 is 2.10 bits per heavy atom. The molecule has 1 aromatic heterocycles. The largest absolute Gasteiger partial charge is 0.495 e. The number of para-hydroxylation sites is 1. The molecule has 2 heterocycles. The molecule has 1 amide bonds. The number of aryl methyl sites for hydroxylation is 2. The van der Waals surface area contributed by atoms with Gasteiger partial charge in [0, 0.05) is 12.1 Å². The number of hydrogen-bond donors (Lipinski definition) is 2. The summed E-state index contributed by atoms with van der Waals surface area (Å²) < 4.78 is 7.12. The summed E-state index contributed by atoms with van der Waals surface area (Å²) in [6, 6.07) is 12.9. The molecule has 1 aliphatic heterocycles. The number of anilines is 1. The predicted molar refractivity (Wildman–Crippen MR) is 119 cm³/mol. The maximum Gasteiger partial charge on any atom is 0.240 e. The van der Waals surface area contributed by atoms with Crippen LogP contribution in [0.15, 0.2) is 47.6 Å². The molecule has 30 heavy (non-hydrogen) atoms. The molecule has 3 aromatic rings. The van der Waals surface area contributed by atoms with Gasteiger partial charge in [-0.25, -0.2) is 4.68 Å². The van der Waals surface area contributed by atoms with E-state index in [1.165, 1.54) is 11.8 Å². The fraction of sp³-hybridized carbons (Fsp3) is 0.286. The van der Waals surface area contributed by atoms with Crippen LogP contribution in [0.25, 0.3) is 0 Å². The number of aromatic nitrogens is 3. The third-order valence-electron chi connectivity index (χ3n) is 5.02. The molecule has 0 fully saturated rings. The Kier molecular flexibility index (Phi) is 5.87. The first-order chi connectivity index (χ1) is 14.5.